The normalized spacial score (nSPS) is 13.3. The lowest BCUT2D eigenvalue weighted by Crippen LogP contribution is -2.07. The maximum Gasteiger partial charge on any atom is 0.248 e. The summed E-state index contributed by atoms with van der Waals surface area (Å²) in [5.74, 6) is -0.197. The van der Waals surface area contributed by atoms with E-state index in [1.807, 2.05) is 23.6 Å². The molecular formula is C15H12N2O2S. The second-order valence-corrected chi connectivity index (χ2v) is 5.41. The Morgan fingerprint density at radius 1 is 1.35 bits per heavy atom. The van der Waals surface area contributed by atoms with E-state index in [0.717, 1.165) is 16.1 Å². The minimum Gasteiger partial charge on any atom is -0.326 e. The Labute approximate surface area is 120 Å². The summed E-state index contributed by atoms with van der Waals surface area (Å²) in [6, 6.07) is 9.29. The summed E-state index contributed by atoms with van der Waals surface area (Å²) in [6.45, 7) is 0. The molecule has 2 N–H and O–H groups in total. The zero-order chi connectivity index (χ0) is 13.9. The lowest BCUT2D eigenvalue weighted by atomic mass is 10.1. The van der Waals surface area contributed by atoms with Crippen LogP contribution in [0.25, 0.3) is 6.08 Å². The van der Waals surface area contributed by atoms with Gasteiger partial charge in [-0.1, -0.05) is 6.07 Å². The second-order valence-electron chi connectivity index (χ2n) is 4.43. The van der Waals surface area contributed by atoms with Crippen LogP contribution in [0, 0.1) is 0 Å². The zero-order valence-electron chi connectivity index (χ0n) is 10.6. The van der Waals surface area contributed by atoms with Crippen molar-refractivity contribution in [2.45, 2.75) is 6.42 Å². The topological polar surface area (TPSA) is 58.2 Å². The molecule has 0 atom stereocenters. The van der Waals surface area contributed by atoms with Crippen molar-refractivity contribution in [1.29, 1.82) is 0 Å². The first-order valence-electron chi connectivity index (χ1n) is 6.16. The van der Waals surface area contributed by atoms with Crippen LogP contribution in [0.2, 0.25) is 0 Å². The molecular weight excluding hydrogens is 272 g/mol. The highest BCUT2D eigenvalue weighted by Crippen LogP contribution is 2.25. The lowest BCUT2D eigenvalue weighted by molar-refractivity contribution is -0.115. The van der Waals surface area contributed by atoms with Gasteiger partial charge in [0.1, 0.15) is 0 Å². The molecule has 5 heteroatoms. The van der Waals surface area contributed by atoms with E-state index in [-0.39, 0.29) is 11.8 Å². The molecule has 1 aromatic carbocycles. The molecule has 0 radical (unpaired) electrons. The second kappa shape index (κ2) is 5.30. The van der Waals surface area contributed by atoms with Crippen LogP contribution in [0.4, 0.5) is 11.4 Å². The van der Waals surface area contributed by atoms with Crippen molar-refractivity contribution in [2.75, 3.05) is 10.6 Å². The minimum absolute atomic E-state index is 0.0129. The van der Waals surface area contributed by atoms with Gasteiger partial charge in [0.25, 0.3) is 0 Å². The Morgan fingerprint density at radius 2 is 2.25 bits per heavy atom. The van der Waals surface area contributed by atoms with E-state index in [1.165, 1.54) is 6.08 Å². The summed E-state index contributed by atoms with van der Waals surface area (Å²) in [5, 5.41) is 7.51. The third-order valence-corrected chi connectivity index (χ3v) is 3.78. The monoisotopic (exact) mass is 284 g/mol. The fourth-order valence-electron chi connectivity index (χ4n) is 2.03. The fraction of sp³-hybridized carbons (Fsp3) is 0.0667. The summed E-state index contributed by atoms with van der Waals surface area (Å²) >= 11 is 1.58. The van der Waals surface area contributed by atoms with Crippen molar-refractivity contribution in [3.63, 3.8) is 0 Å². The first kappa shape index (κ1) is 12.6. The van der Waals surface area contributed by atoms with Crippen LogP contribution in [-0.2, 0) is 16.0 Å². The van der Waals surface area contributed by atoms with Gasteiger partial charge < -0.3 is 10.6 Å². The predicted octanol–water partition coefficient (Wildman–Crippen LogP) is 2.89. The molecule has 0 saturated heterocycles. The molecule has 0 bridgehead atoms. The van der Waals surface area contributed by atoms with Gasteiger partial charge in [0.05, 0.1) is 6.42 Å². The molecule has 2 aromatic rings. The largest absolute Gasteiger partial charge is 0.326 e. The first-order valence-corrected chi connectivity index (χ1v) is 7.04. The van der Waals surface area contributed by atoms with Crippen molar-refractivity contribution < 1.29 is 9.59 Å². The summed E-state index contributed by atoms with van der Waals surface area (Å²) in [6.07, 6.45) is 3.64. The number of carbonyl (C=O) groups excluding carboxylic acids is 2. The van der Waals surface area contributed by atoms with E-state index < -0.39 is 0 Å². The average Bonchev–Trinajstić information content (AvgIpc) is 3.04. The Bertz CT molecular complexity index is 690. The van der Waals surface area contributed by atoms with E-state index in [1.54, 1.807) is 29.5 Å². The molecule has 0 fully saturated rings. The third kappa shape index (κ3) is 2.78. The van der Waals surface area contributed by atoms with Crippen LogP contribution in [-0.4, -0.2) is 11.8 Å². The van der Waals surface area contributed by atoms with Gasteiger partial charge in [-0.25, -0.2) is 0 Å². The molecule has 20 heavy (non-hydrogen) atoms. The smallest absolute Gasteiger partial charge is 0.248 e. The van der Waals surface area contributed by atoms with Gasteiger partial charge >= 0.3 is 0 Å². The molecule has 0 aliphatic carbocycles. The summed E-state index contributed by atoms with van der Waals surface area (Å²) < 4.78 is 0. The van der Waals surface area contributed by atoms with Crippen molar-refractivity contribution in [3.8, 4) is 0 Å². The van der Waals surface area contributed by atoms with Crippen molar-refractivity contribution in [3.05, 3.63) is 52.2 Å². The SMILES string of the molecule is O=C(/C=C/c1cccs1)Nc1ccc2c(c1)CC(=O)N2. The van der Waals surface area contributed by atoms with Crippen LogP contribution in [0.3, 0.4) is 0 Å². The quantitative estimate of drug-likeness (QED) is 0.851. The van der Waals surface area contributed by atoms with E-state index in [9.17, 15) is 9.59 Å². The van der Waals surface area contributed by atoms with Crippen molar-refractivity contribution in [2.24, 2.45) is 0 Å². The predicted molar refractivity (Wildman–Crippen MR) is 80.8 cm³/mol. The highest BCUT2D eigenvalue weighted by molar-refractivity contribution is 7.10. The van der Waals surface area contributed by atoms with Crippen LogP contribution in [0.15, 0.2) is 41.8 Å². The maximum atomic E-state index is 11.8. The Hall–Kier alpha value is -2.40. The number of amides is 2. The molecule has 2 amide bonds. The molecule has 1 aromatic heterocycles. The van der Waals surface area contributed by atoms with Gasteiger partial charge in [0.15, 0.2) is 0 Å². The maximum absolute atomic E-state index is 11.8. The van der Waals surface area contributed by atoms with Gasteiger partial charge in [0, 0.05) is 22.3 Å². The van der Waals surface area contributed by atoms with Crippen molar-refractivity contribution >= 4 is 40.6 Å². The number of nitrogens with one attached hydrogen (secondary N) is 2. The molecule has 0 unspecified atom stereocenters. The van der Waals surface area contributed by atoms with Gasteiger partial charge in [-0.05, 0) is 41.3 Å². The summed E-state index contributed by atoms with van der Waals surface area (Å²) in [4.78, 5) is 24.1. The van der Waals surface area contributed by atoms with E-state index in [4.69, 9.17) is 0 Å². The summed E-state index contributed by atoms with van der Waals surface area (Å²) in [7, 11) is 0. The molecule has 0 saturated carbocycles. The number of hydrogen-bond donors (Lipinski definition) is 2. The minimum atomic E-state index is -0.185. The molecule has 100 valence electrons. The number of carbonyl (C=O) groups is 2. The molecule has 1 aliphatic rings. The Balaban J connectivity index is 1.68. The van der Waals surface area contributed by atoms with Crippen LogP contribution >= 0.6 is 11.3 Å². The fourth-order valence-corrected chi connectivity index (χ4v) is 2.65. The molecule has 3 rings (SSSR count). The van der Waals surface area contributed by atoms with Gasteiger partial charge in [-0.3, -0.25) is 9.59 Å². The highest BCUT2D eigenvalue weighted by atomic mass is 32.1. The number of anilines is 2. The van der Waals surface area contributed by atoms with Gasteiger partial charge in [0.2, 0.25) is 11.8 Å². The van der Waals surface area contributed by atoms with Crippen molar-refractivity contribution in [1.82, 2.24) is 0 Å². The number of rotatable bonds is 3. The zero-order valence-corrected chi connectivity index (χ0v) is 11.4. The standard InChI is InChI=1S/C15H12N2O2S/c18-14(6-4-12-2-1-7-20-12)16-11-3-5-13-10(8-11)9-15(19)17-13/h1-8H,9H2,(H,16,18)(H,17,19)/b6-4+. The van der Waals surface area contributed by atoms with Crippen LogP contribution in [0.1, 0.15) is 10.4 Å². The van der Waals surface area contributed by atoms with Crippen LogP contribution < -0.4 is 10.6 Å². The Morgan fingerprint density at radius 3 is 3.05 bits per heavy atom. The average molecular weight is 284 g/mol. The number of thiophene rings is 1. The molecule has 2 heterocycles. The van der Waals surface area contributed by atoms with E-state index in [2.05, 4.69) is 10.6 Å². The van der Waals surface area contributed by atoms with Gasteiger partial charge in [-0.15, -0.1) is 11.3 Å². The van der Waals surface area contributed by atoms with Crippen LogP contribution in [0.5, 0.6) is 0 Å². The highest BCUT2D eigenvalue weighted by Gasteiger charge is 2.17. The first-order chi connectivity index (χ1) is 9.70. The van der Waals surface area contributed by atoms with E-state index >= 15 is 0 Å². The number of fused-ring (bicyclic) bond motifs is 1. The van der Waals surface area contributed by atoms with E-state index in [0.29, 0.717) is 12.1 Å². The third-order valence-electron chi connectivity index (χ3n) is 2.94. The van der Waals surface area contributed by atoms with Gasteiger partial charge in [-0.2, -0.15) is 0 Å². The number of hydrogen-bond acceptors (Lipinski definition) is 3. The lowest BCUT2D eigenvalue weighted by Gasteiger charge is -2.04. The Kier molecular flexibility index (Phi) is 3.35. The molecule has 1 aliphatic heterocycles. The summed E-state index contributed by atoms with van der Waals surface area (Å²) in [5.41, 5.74) is 2.43. The molecule has 0 spiro atoms. The number of benzene rings is 1. The molecule has 4 nitrogen and oxygen atoms in total.